The van der Waals surface area contributed by atoms with Gasteiger partial charge in [0.25, 0.3) is 5.91 Å². The van der Waals surface area contributed by atoms with Crippen LogP contribution in [0.1, 0.15) is 23.7 Å². The van der Waals surface area contributed by atoms with Crippen LogP contribution in [-0.2, 0) is 0 Å². The molecule has 0 aromatic heterocycles. The van der Waals surface area contributed by atoms with E-state index in [4.69, 9.17) is 4.74 Å². The fourth-order valence-corrected chi connectivity index (χ4v) is 2.94. The van der Waals surface area contributed by atoms with Crippen molar-refractivity contribution in [3.63, 3.8) is 0 Å². The lowest BCUT2D eigenvalue weighted by atomic mass is 10.0. The summed E-state index contributed by atoms with van der Waals surface area (Å²) in [5.41, 5.74) is 1.78. The second-order valence-corrected chi connectivity index (χ2v) is 5.29. The van der Waals surface area contributed by atoms with Crippen LogP contribution < -0.4 is 15.0 Å². The number of ether oxygens (including phenoxy) is 1. The zero-order chi connectivity index (χ0) is 14.8. The summed E-state index contributed by atoms with van der Waals surface area (Å²) in [6.07, 6.45) is 1.05. The lowest BCUT2D eigenvalue weighted by Crippen LogP contribution is -2.30. The number of nitrogens with zero attached hydrogens (tertiary/aromatic N) is 1. The fraction of sp³-hybridized carbons (Fsp3) is 0.353. The Labute approximate surface area is 124 Å². The topological polar surface area (TPSA) is 41.6 Å². The SMILES string of the molecule is CCCN1CCNC(=O)c2ccc3ccc(OC)cc3c21. The van der Waals surface area contributed by atoms with Gasteiger partial charge < -0.3 is 15.0 Å². The molecule has 2 aromatic rings. The number of methoxy groups -OCH3 is 1. The molecule has 1 heterocycles. The molecule has 3 rings (SSSR count). The molecule has 0 radical (unpaired) electrons. The number of amides is 1. The second-order valence-electron chi connectivity index (χ2n) is 5.29. The maximum atomic E-state index is 12.3. The Morgan fingerprint density at radius 1 is 1.29 bits per heavy atom. The van der Waals surface area contributed by atoms with Gasteiger partial charge in [-0.3, -0.25) is 4.79 Å². The van der Waals surface area contributed by atoms with Crippen molar-refractivity contribution in [2.75, 3.05) is 31.6 Å². The highest BCUT2D eigenvalue weighted by atomic mass is 16.5. The first-order valence-electron chi connectivity index (χ1n) is 7.38. The van der Waals surface area contributed by atoms with Crippen molar-refractivity contribution < 1.29 is 9.53 Å². The molecule has 0 spiro atoms. The summed E-state index contributed by atoms with van der Waals surface area (Å²) in [7, 11) is 1.67. The van der Waals surface area contributed by atoms with Crippen molar-refractivity contribution in [3.8, 4) is 5.75 Å². The molecule has 1 aliphatic heterocycles. The number of rotatable bonds is 3. The summed E-state index contributed by atoms with van der Waals surface area (Å²) in [5, 5.41) is 5.18. The summed E-state index contributed by atoms with van der Waals surface area (Å²) in [6, 6.07) is 9.95. The molecular weight excluding hydrogens is 264 g/mol. The van der Waals surface area contributed by atoms with Crippen molar-refractivity contribution >= 4 is 22.4 Å². The molecule has 0 aliphatic carbocycles. The highest BCUT2D eigenvalue weighted by Gasteiger charge is 2.22. The Balaban J connectivity index is 2.27. The van der Waals surface area contributed by atoms with Gasteiger partial charge in [0.15, 0.2) is 0 Å². The van der Waals surface area contributed by atoms with Crippen molar-refractivity contribution in [1.82, 2.24) is 5.32 Å². The van der Waals surface area contributed by atoms with E-state index < -0.39 is 0 Å². The van der Waals surface area contributed by atoms with Crippen LogP contribution in [0.25, 0.3) is 10.8 Å². The molecule has 4 heteroatoms. The average molecular weight is 284 g/mol. The zero-order valence-electron chi connectivity index (χ0n) is 12.5. The average Bonchev–Trinajstić information content (AvgIpc) is 2.67. The van der Waals surface area contributed by atoms with E-state index in [1.807, 2.05) is 30.3 Å². The van der Waals surface area contributed by atoms with Gasteiger partial charge in [0.05, 0.1) is 18.4 Å². The third-order valence-corrected chi connectivity index (χ3v) is 3.92. The molecule has 2 aromatic carbocycles. The van der Waals surface area contributed by atoms with Gasteiger partial charge in [-0.15, -0.1) is 0 Å². The molecule has 0 saturated heterocycles. The van der Waals surface area contributed by atoms with E-state index >= 15 is 0 Å². The molecular formula is C17H20N2O2. The molecule has 0 unspecified atom stereocenters. The molecule has 0 saturated carbocycles. The molecule has 4 nitrogen and oxygen atoms in total. The number of anilines is 1. The van der Waals surface area contributed by atoms with E-state index in [9.17, 15) is 4.79 Å². The van der Waals surface area contributed by atoms with Gasteiger partial charge in [0.1, 0.15) is 5.75 Å². The molecule has 1 amide bonds. The van der Waals surface area contributed by atoms with Gasteiger partial charge in [0.2, 0.25) is 0 Å². The molecule has 1 aliphatic rings. The monoisotopic (exact) mass is 284 g/mol. The first-order valence-corrected chi connectivity index (χ1v) is 7.38. The molecule has 0 fully saturated rings. The zero-order valence-corrected chi connectivity index (χ0v) is 12.5. The van der Waals surface area contributed by atoms with Crippen LogP contribution in [0.3, 0.4) is 0 Å². The van der Waals surface area contributed by atoms with Gasteiger partial charge in [-0.1, -0.05) is 19.1 Å². The van der Waals surface area contributed by atoms with Gasteiger partial charge in [-0.25, -0.2) is 0 Å². The predicted molar refractivity (Wildman–Crippen MR) is 85.3 cm³/mol. The van der Waals surface area contributed by atoms with Crippen LogP contribution in [-0.4, -0.2) is 32.7 Å². The highest BCUT2D eigenvalue weighted by molar-refractivity contribution is 6.09. The maximum Gasteiger partial charge on any atom is 0.253 e. The van der Waals surface area contributed by atoms with Crippen LogP contribution in [0.4, 0.5) is 5.69 Å². The molecule has 110 valence electrons. The predicted octanol–water partition coefficient (Wildman–Crippen LogP) is 2.81. The van der Waals surface area contributed by atoms with Gasteiger partial charge in [-0.05, 0) is 30.0 Å². The number of nitrogens with one attached hydrogen (secondary N) is 1. The minimum Gasteiger partial charge on any atom is -0.497 e. The Morgan fingerprint density at radius 3 is 2.86 bits per heavy atom. The first kappa shape index (κ1) is 13.7. The molecule has 21 heavy (non-hydrogen) atoms. The fourth-order valence-electron chi connectivity index (χ4n) is 2.94. The smallest absolute Gasteiger partial charge is 0.253 e. The second kappa shape index (κ2) is 5.64. The van der Waals surface area contributed by atoms with Crippen molar-refractivity contribution in [1.29, 1.82) is 0 Å². The number of carbonyl (C=O) groups excluding carboxylic acids is 1. The summed E-state index contributed by atoms with van der Waals surface area (Å²) in [4.78, 5) is 14.6. The summed E-state index contributed by atoms with van der Waals surface area (Å²) in [6.45, 7) is 4.62. The maximum absolute atomic E-state index is 12.3. The van der Waals surface area contributed by atoms with Crippen LogP contribution in [0, 0.1) is 0 Å². The van der Waals surface area contributed by atoms with E-state index in [1.54, 1.807) is 7.11 Å². The summed E-state index contributed by atoms with van der Waals surface area (Å²) >= 11 is 0. The van der Waals surface area contributed by atoms with Crippen molar-refractivity contribution in [2.45, 2.75) is 13.3 Å². The molecule has 0 atom stereocenters. The lowest BCUT2D eigenvalue weighted by Gasteiger charge is -2.25. The number of hydrogen-bond donors (Lipinski definition) is 1. The van der Waals surface area contributed by atoms with E-state index in [2.05, 4.69) is 17.1 Å². The Kier molecular flexibility index (Phi) is 3.69. The normalized spacial score (nSPS) is 14.6. The third kappa shape index (κ3) is 2.42. The Morgan fingerprint density at radius 2 is 2.10 bits per heavy atom. The Bertz CT molecular complexity index is 682. The van der Waals surface area contributed by atoms with Crippen LogP contribution in [0.5, 0.6) is 5.75 Å². The van der Waals surface area contributed by atoms with Gasteiger partial charge in [0, 0.05) is 25.0 Å². The van der Waals surface area contributed by atoms with E-state index in [-0.39, 0.29) is 5.91 Å². The number of fused-ring (bicyclic) bond motifs is 3. The van der Waals surface area contributed by atoms with E-state index in [1.165, 1.54) is 0 Å². The minimum absolute atomic E-state index is 0.00771. The van der Waals surface area contributed by atoms with Gasteiger partial charge in [-0.2, -0.15) is 0 Å². The third-order valence-electron chi connectivity index (χ3n) is 3.92. The lowest BCUT2D eigenvalue weighted by molar-refractivity contribution is 0.0958. The minimum atomic E-state index is 0.00771. The van der Waals surface area contributed by atoms with Gasteiger partial charge >= 0.3 is 0 Å². The summed E-state index contributed by atoms with van der Waals surface area (Å²) in [5.74, 6) is 0.824. The Hall–Kier alpha value is -2.23. The molecule has 0 bridgehead atoms. The summed E-state index contributed by atoms with van der Waals surface area (Å²) < 4.78 is 5.35. The van der Waals surface area contributed by atoms with Crippen molar-refractivity contribution in [2.24, 2.45) is 0 Å². The quantitative estimate of drug-likeness (QED) is 0.942. The first-order chi connectivity index (χ1) is 10.2. The highest BCUT2D eigenvalue weighted by Crippen LogP contribution is 2.34. The van der Waals surface area contributed by atoms with Crippen molar-refractivity contribution in [3.05, 3.63) is 35.9 Å². The van der Waals surface area contributed by atoms with E-state index in [0.29, 0.717) is 6.54 Å². The number of carbonyl (C=O) groups is 1. The number of benzene rings is 2. The van der Waals surface area contributed by atoms with Crippen LogP contribution in [0.15, 0.2) is 30.3 Å². The standard InChI is InChI=1S/C17H20N2O2/c1-3-9-19-10-8-18-17(20)14-7-5-12-4-6-13(21-2)11-15(12)16(14)19/h4-7,11H,3,8-10H2,1-2H3,(H,18,20). The van der Waals surface area contributed by atoms with Crippen LogP contribution in [0.2, 0.25) is 0 Å². The van der Waals surface area contributed by atoms with E-state index in [0.717, 1.165) is 47.3 Å². The van der Waals surface area contributed by atoms with Crippen LogP contribution >= 0.6 is 0 Å². The largest absolute Gasteiger partial charge is 0.497 e. The molecule has 1 N–H and O–H groups in total. The number of hydrogen-bond acceptors (Lipinski definition) is 3.